The highest BCUT2D eigenvalue weighted by Gasteiger charge is 2.19. The van der Waals surface area contributed by atoms with Gasteiger partial charge in [0.2, 0.25) is 0 Å². The number of benzene rings is 2. The molecule has 2 rings (SSSR count). The molecule has 2 heteroatoms. The van der Waals surface area contributed by atoms with Crippen LogP contribution in [0.15, 0.2) is 36.4 Å². The van der Waals surface area contributed by atoms with Crippen molar-refractivity contribution >= 4 is 22.4 Å². The zero-order valence-corrected chi connectivity index (χ0v) is 10.3. The molecule has 0 fully saturated rings. The molecule has 2 aromatic carbocycles. The summed E-state index contributed by atoms with van der Waals surface area (Å²) in [5.41, 5.74) is 0.918. The average Bonchev–Trinajstić information content (AvgIpc) is 2.29. The lowest BCUT2D eigenvalue weighted by Crippen LogP contribution is -2.21. The second-order valence-corrected chi connectivity index (χ2v) is 5.12. The minimum atomic E-state index is -0.212. The first kappa shape index (κ1) is 11.4. The van der Waals surface area contributed by atoms with Gasteiger partial charge in [0, 0.05) is 15.8 Å². The second kappa shape index (κ2) is 4.08. The van der Waals surface area contributed by atoms with Crippen LogP contribution >= 0.6 is 11.6 Å². The van der Waals surface area contributed by atoms with Crippen LogP contribution in [0.25, 0.3) is 10.8 Å². The lowest BCUT2D eigenvalue weighted by Gasteiger charge is -2.22. The molecule has 0 bridgehead atoms. The second-order valence-electron chi connectivity index (χ2n) is 4.72. The molecular formula is C14H15ClO. The average molecular weight is 235 g/mol. The first-order chi connectivity index (χ1) is 7.54. The van der Waals surface area contributed by atoms with Crippen LogP contribution in [0.4, 0.5) is 0 Å². The Morgan fingerprint density at radius 3 is 2.62 bits per heavy atom. The highest BCUT2D eigenvalue weighted by Crippen LogP contribution is 2.29. The fourth-order valence-electron chi connectivity index (χ4n) is 1.76. The highest BCUT2D eigenvalue weighted by molar-refractivity contribution is 6.35. The summed E-state index contributed by atoms with van der Waals surface area (Å²) in [5, 5.41) is 12.3. The van der Waals surface area contributed by atoms with Crippen molar-refractivity contribution in [2.75, 3.05) is 6.61 Å². The van der Waals surface area contributed by atoms with Gasteiger partial charge in [-0.1, -0.05) is 55.8 Å². The van der Waals surface area contributed by atoms with E-state index in [-0.39, 0.29) is 12.0 Å². The van der Waals surface area contributed by atoms with E-state index in [1.807, 2.05) is 44.2 Å². The Hall–Kier alpha value is -1.05. The lowest BCUT2D eigenvalue weighted by atomic mass is 9.84. The van der Waals surface area contributed by atoms with Crippen molar-refractivity contribution in [2.24, 2.45) is 0 Å². The lowest BCUT2D eigenvalue weighted by molar-refractivity contribution is 0.218. The summed E-state index contributed by atoms with van der Waals surface area (Å²) in [6, 6.07) is 12.0. The maximum absolute atomic E-state index is 9.35. The molecule has 1 N–H and O–H groups in total. The van der Waals surface area contributed by atoms with E-state index in [1.165, 1.54) is 0 Å². The van der Waals surface area contributed by atoms with E-state index in [1.54, 1.807) is 0 Å². The Bertz CT molecular complexity index is 517. The summed E-state index contributed by atoms with van der Waals surface area (Å²) >= 11 is 6.11. The van der Waals surface area contributed by atoms with Crippen molar-refractivity contribution in [3.8, 4) is 0 Å². The number of hydrogen-bond donors (Lipinski definition) is 1. The summed E-state index contributed by atoms with van der Waals surface area (Å²) in [7, 11) is 0. The molecule has 0 saturated heterocycles. The Labute approximate surface area is 101 Å². The van der Waals surface area contributed by atoms with Gasteiger partial charge in [-0.2, -0.15) is 0 Å². The van der Waals surface area contributed by atoms with E-state index in [4.69, 9.17) is 11.6 Å². The molecule has 0 heterocycles. The van der Waals surface area contributed by atoms with Gasteiger partial charge < -0.3 is 5.11 Å². The summed E-state index contributed by atoms with van der Waals surface area (Å²) in [4.78, 5) is 0. The summed E-state index contributed by atoms with van der Waals surface area (Å²) in [6.45, 7) is 4.19. The van der Waals surface area contributed by atoms with Crippen LogP contribution in [-0.4, -0.2) is 11.7 Å². The Morgan fingerprint density at radius 2 is 1.94 bits per heavy atom. The molecule has 0 aliphatic heterocycles. The Morgan fingerprint density at radius 1 is 1.19 bits per heavy atom. The number of aliphatic hydroxyl groups excluding tert-OH is 1. The van der Waals surface area contributed by atoms with Crippen LogP contribution in [0.1, 0.15) is 19.4 Å². The monoisotopic (exact) mass is 234 g/mol. The van der Waals surface area contributed by atoms with Crippen molar-refractivity contribution in [3.63, 3.8) is 0 Å². The first-order valence-corrected chi connectivity index (χ1v) is 5.72. The third kappa shape index (κ3) is 1.93. The molecule has 2 aromatic rings. The number of fused-ring (bicyclic) bond motifs is 1. The molecule has 16 heavy (non-hydrogen) atoms. The first-order valence-electron chi connectivity index (χ1n) is 5.34. The SMILES string of the molecule is CC(C)(CO)c1ccc2c(Cl)cccc2c1. The largest absolute Gasteiger partial charge is 0.395 e. The van der Waals surface area contributed by atoms with Crippen molar-refractivity contribution in [1.82, 2.24) is 0 Å². The van der Waals surface area contributed by atoms with Crippen molar-refractivity contribution in [1.29, 1.82) is 0 Å². The Kier molecular flexibility index (Phi) is 2.92. The standard InChI is InChI=1S/C14H15ClO/c1-14(2,9-16)11-6-7-12-10(8-11)4-3-5-13(12)15/h3-8,16H,9H2,1-2H3. The van der Waals surface area contributed by atoms with E-state index < -0.39 is 0 Å². The van der Waals surface area contributed by atoms with Gasteiger partial charge in [0.05, 0.1) is 6.61 Å². The number of hydrogen-bond acceptors (Lipinski definition) is 1. The molecule has 0 unspecified atom stereocenters. The third-order valence-electron chi connectivity index (χ3n) is 3.00. The van der Waals surface area contributed by atoms with Gasteiger partial charge in [0.15, 0.2) is 0 Å². The molecule has 0 amide bonds. The molecule has 0 spiro atoms. The van der Waals surface area contributed by atoms with Gasteiger partial charge in [-0.25, -0.2) is 0 Å². The van der Waals surface area contributed by atoms with Crippen LogP contribution in [0.2, 0.25) is 5.02 Å². The maximum atomic E-state index is 9.35. The van der Waals surface area contributed by atoms with Gasteiger partial charge >= 0.3 is 0 Å². The summed E-state index contributed by atoms with van der Waals surface area (Å²) < 4.78 is 0. The van der Waals surface area contributed by atoms with E-state index in [2.05, 4.69) is 6.07 Å². The van der Waals surface area contributed by atoms with Crippen LogP contribution < -0.4 is 0 Å². The van der Waals surface area contributed by atoms with Crippen molar-refractivity contribution in [3.05, 3.63) is 47.0 Å². The minimum Gasteiger partial charge on any atom is -0.395 e. The molecule has 0 aliphatic rings. The van der Waals surface area contributed by atoms with E-state index in [9.17, 15) is 5.11 Å². The Balaban J connectivity index is 2.61. The molecule has 0 radical (unpaired) electrons. The number of halogens is 1. The fourth-order valence-corrected chi connectivity index (χ4v) is 2.00. The van der Waals surface area contributed by atoms with E-state index in [0.717, 1.165) is 21.4 Å². The molecule has 0 aliphatic carbocycles. The van der Waals surface area contributed by atoms with Crippen LogP contribution in [0, 0.1) is 0 Å². The molecule has 84 valence electrons. The molecule has 1 nitrogen and oxygen atoms in total. The van der Waals surface area contributed by atoms with E-state index >= 15 is 0 Å². The van der Waals surface area contributed by atoms with Crippen LogP contribution in [0.3, 0.4) is 0 Å². The van der Waals surface area contributed by atoms with Gasteiger partial charge in [-0.3, -0.25) is 0 Å². The van der Waals surface area contributed by atoms with Gasteiger partial charge in [-0.05, 0) is 17.0 Å². The predicted molar refractivity (Wildman–Crippen MR) is 69.1 cm³/mol. The summed E-state index contributed by atoms with van der Waals surface area (Å²) in [5.74, 6) is 0. The smallest absolute Gasteiger partial charge is 0.0522 e. The van der Waals surface area contributed by atoms with Gasteiger partial charge in [0.1, 0.15) is 0 Å². The van der Waals surface area contributed by atoms with Crippen LogP contribution in [0.5, 0.6) is 0 Å². The fraction of sp³-hybridized carbons (Fsp3) is 0.286. The number of rotatable bonds is 2. The zero-order chi connectivity index (χ0) is 11.8. The maximum Gasteiger partial charge on any atom is 0.0522 e. The van der Waals surface area contributed by atoms with Gasteiger partial charge in [-0.15, -0.1) is 0 Å². The zero-order valence-electron chi connectivity index (χ0n) is 9.50. The highest BCUT2D eigenvalue weighted by atomic mass is 35.5. The van der Waals surface area contributed by atoms with E-state index in [0.29, 0.717) is 0 Å². The quantitative estimate of drug-likeness (QED) is 0.839. The molecular weight excluding hydrogens is 220 g/mol. The molecule has 0 saturated carbocycles. The minimum absolute atomic E-state index is 0.138. The third-order valence-corrected chi connectivity index (χ3v) is 3.33. The molecule has 0 aromatic heterocycles. The van der Waals surface area contributed by atoms with Crippen LogP contribution in [-0.2, 0) is 5.41 Å². The van der Waals surface area contributed by atoms with Crippen molar-refractivity contribution in [2.45, 2.75) is 19.3 Å². The van der Waals surface area contributed by atoms with Gasteiger partial charge in [0.25, 0.3) is 0 Å². The molecule has 0 atom stereocenters. The number of aliphatic hydroxyl groups is 1. The summed E-state index contributed by atoms with van der Waals surface area (Å²) in [6.07, 6.45) is 0. The topological polar surface area (TPSA) is 20.2 Å². The normalized spacial score (nSPS) is 12.0. The van der Waals surface area contributed by atoms with Crippen molar-refractivity contribution < 1.29 is 5.11 Å². The predicted octanol–water partition coefficient (Wildman–Crippen LogP) is 3.76.